The molecular formula is C16H27NO2. The van der Waals surface area contributed by atoms with E-state index in [1.807, 2.05) is 0 Å². The van der Waals surface area contributed by atoms with Crippen molar-refractivity contribution in [3.8, 4) is 0 Å². The van der Waals surface area contributed by atoms with E-state index in [0.29, 0.717) is 5.92 Å². The van der Waals surface area contributed by atoms with Crippen molar-refractivity contribution < 1.29 is 9.90 Å². The molecule has 3 fully saturated rings. The minimum atomic E-state index is -0.263. The first-order chi connectivity index (χ1) is 9.10. The molecule has 1 saturated heterocycles. The van der Waals surface area contributed by atoms with Crippen LogP contribution in [0.15, 0.2) is 0 Å². The Labute approximate surface area is 116 Å². The van der Waals surface area contributed by atoms with E-state index in [0.717, 1.165) is 18.5 Å². The van der Waals surface area contributed by atoms with Crippen LogP contribution in [0.1, 0.15) is 52.4 Å². The van der Waals surface area contributed by atoms with Gasteiger partial charge in [-0.05, 0) is 49.9 Å². The molecule has 1 heterocycles. The Morgan fingerprint density at radius 3 is 2.79 bits per heavy atom. The summed E-state index contributed by atoms with van der Waals surface area (Å²) in [5.74, 6) is 0.908. The Balaban J connectivity index is 1.66. The Morgan fingerprint density at radius 2 is 2.16 bits per heavy atom. The van der Waals surface area contributed by atoms with Crippen molar-refractivity contribution in [1.29, 1.82) is 0 Å². The number of carbonyl (C=O) groups is 1. The molecule has 3 nitrogen and oxygen atoms in total. The topological polar surface area (TPSA) is 40.3 Å². The molecule has 3 heteroatoms. The van der Waals surface area contributed by atoms with Gasteiger partial charge in [0.2, 0.25) is 0 Å². The lowest BCUT2D eigenvalue weighted by Gasteiger charge is -2.43. The van der Waals surface area contributed by atoms with Crippen LogP contribution in [0, 0.1) is 17.3 Å². The molecule has 1 N–H and O–H groups in total. The molecule has 1 aliphatic heterocycles. The Hall–Kier alpha value is -0.410. The Morgan fingerprint density at radius 1 is 1.37 bits per heavy atom. The normalized spacial score (nSPS) is 48.9. The van der Waals surface area contributed by atoms with E-state index in [1.165, 1.54) is 38.6 Å². The summed E-state index contributed by atoms with van der Waals surface area (Å²) in [6.45, 7) is 5.62. The van der Waals surface area contributed by atoms with Crippen molar-refractivity contribution in [1.82, 2.24) is 4.90 Å². The largest absolute Gasteiger partial charge is 0.389 e. The minimum absolute atomic E-state index is 0.0848. The van der Waals surface area contributed by atoms with Gasteiger partial charge in [0.1, 0.15) is 6.61 Å². The van der Waals surface area contributed by atoms with Crippen LogP contribution in [0.2, 0.25) is 0 Å². The fourth-order valence-electron chi connectivity index (χ4n) is 4.95. The first-order valence-corrected chi connectivity index (χ1v) is 7.99. The first kappa shape index (κ1) is 13.6. The molecule has 0 aromatic heterocycles. The highest BCUT2D eigenvalue weighted by Crippen LogP contribution is 2.57. The summed E-state index contributed by atoms with van der Waals surface area (Å²) in [7, 11) is 0. The highest BCUT2D eigenvalue weighted by Gasteiger charge is 2.53. The van der Waals surface area contributed by atoms with E-state index in [2.05, 4.69) is 18.7 Å². The molecule has 3 rings (SSSR count). The van der Waals surface area contributed by atoms with Gasteiger partial charge in [-0.1, -0.05) is 13.8 Å². The maximum Gasteiger partial charge on any atom is 0.161 e. The predicted molar refractivity (Wildman–Crippen MR) is 74.8 cm³/mol. The molecule has 0 aromatic carbocycles. The fourth-order valence-corrected chi connectivity index (χ4v) is 4.95. The number of hydrogen-bond donors (Lipinski definition) is 1. The number of nitrogens with zero attached hydrogens (tertiary/aromatic N) is 1. The van der Waals surface area contributed by atoms with Gasteiger partial charge in [-0.3, -0.25) is 9.69 Å². The zero-order chi connectivity index (χ0) is 13.6. The van der Waals surface area contributed by atoms with Gasteiger partial charge in [0, 0.05) is 24.5 Å². The Bertz CT molecular complexity index is 370. The summed E-state index contributed by atoms with van der Waals surface area (Å²) in [4.78, 5) is 14.6. The van der Waals surface area contributed by atoms with Gasteiger partial charge in [-0.2, -0.15) is 0 Å². The predicted octanol–water partition coefficient (Wildman–Crippen LogP) is 2.23. The van der Waals surface area contributed by atoms with E-state index >= 15 is 0 Å². The van der Waals surface area contributed by atoms with Crippen molar-refractivity contribution >= 4 is 5.78 Å². The van der Waals surface area contributed by atoms with Crippen molar-refractivity contribution in [2.24, 2.45) is 17.3 Å². The van der Waals surface area contributed by atoms with E-state index in [1.54, 1.807) is 0 Å². The lowest BCUT2D eigenvalue weighted by Crippen LogP contribution is -2.42. The van der Waals surface area contributed by atoms with E-state index in [9.17, 15) is 4.79 Å². The van der Waals surface area contributed by atoms with Crippen molar-refractivity contribution in [3.63, 3.8) is 0 Å². The molecule has 2 saturated carbocycles. The van der Waals surface area contributed by atoms with Crippen molar-refractivity contribution in [2.75, 3.05) is 13.2 Å². The summed E-state index contributed by atoms with van der Waals surface area (Å²) in [6, 6.07) is 1.61. The van der Waals surface area contributed by atoms with Gasteiger partial charge in [-0.25, -0.2) is 0 Å². The minimum Gasteiger partial charge on any atom is -0.389 e. The molecule has 0 radical (unpaired) electrons. The quantitative estimate of drug-likeness (QED) is 0.792. The summed E-state index contributed by atoms with van der Waals surface area (Å²) in [5.41, 5.74) is 0.175. The average molecular weight is 265 g/mol. The van der Waals surface area contributed by atoms with Gasteiger partial charge in [0.05, 0.1) is 0 Å². The number of rotatable bonds is 4. The van der Waals surface area contributed by atoms with Crippen LogP contribution in [0.3, 0.4) is 0 Å². The number of carbonyl (C=O) groups excluding carboxylic acids is 1. The van der Waals surface area contributed by atoms with Crippen molar-refractivity contribution in [2.45, 2.75) is 64.5 Å². The third-order valence-corrected chi connectivity index (χ3v) is 6.35. The van der Waals surface area contributed by atoms with Crippen LogP contribution in [-0.4, -0.2) is 41.0 Å². The second kappa shape index (κ2) is 4.85. The summed E-state index contributed by atoms with van der Waals surface area (Å²) < 4.78 is 0. The van der Waals surface area contributed by atoms with Crippen LogP contribution in [-0.2, 0) is 4.79 Å². The summed E-state index contributed by atoms with van der Waals surface area (Å²) in [6.07, 6.45) is 7.18. The zero-order valence-electron chi connectivity index (χ0n) is 12.3. The molecule has 0 aromatic rings. The zero-order valence-corrected chi connectivity index (χ0v) is 12.3. The molecule has 2 aliphatic carbocycles. The van der Waals surface area contributed by atoms with E-state index < -0.39 is 0 Å². The number of hydrogen-bond acceptors (Lipinski definition) is 3. The van der Waals surface area contributed by atoms with Gasteiger partial charge in [0.15, 0.2) is 5.78 Å². The third-order valence-electron chi connectivity index (χ3n) is 6.35. The molecule has 108 valence electrons. The second-order valence-electron chi connectivity index (χ2n) is 7.14. The van der Waals surface area contributed by atoms with Crippen LogP contribution >= 0.6 is 0 Å². The van der Waals surface area contributed by atoms with Gasteiger partial charge < -0.3 is 5.11 Å². The summed E-state index contributed by atoms with van der Waals surface area (Å²) in [5, 5.41) is 9.16. The SMILES string of the molecule is CC[C@@H]1CN1C1CC[C@@]2(C)C(CCC2C(=O)CO)C1. The number of fused-ring (bicyclic) bond motifs is 1. The average Bonchev–Trinajstić information content (AvgIpc) is 3.13. The van der Waals surface area contributed by atoms with Gasteiger partial charge in [-0.15, -0.1) is 0 Å². The Kier molecular flexibility index (Phi) is 3.46. The monoisotopic (exact) mass is 265 g/mol. The lowest BCUT2D eigenvalue weighted by molar-refractivity contribution is -0.130. The highest BCUT2D eigenvalue weighted by atomic mass is 16.3. The van der Waals surface area contributed by atoms with Crippen LogP contribution in [0.25, 0.3) is 0 Å². The second-order valence-corrected chi connectivity index (χ2v) is 7.14. The standard InChI is InChI=1S/C16H27NO2/c1-3-12-9-17(12)13-6-7-16(2)11(8-13)4-5-14(16)15(19)10-18/h11-14,18H,3-10H2,1-2H3/t11?,12-,13?,14?,16+,17?/m1/s1. The smallest absolute Gasteiger partial charge is 0.161 e. The van der Waals surface area contributed by atoms with Crippen LogP contribution in [0.4, 0.5) is 0 Å². The maximum atomic E-state index is 11.9. The van der Waals surface area contributed by atoms with Crippen LogP contribution < -0.4 is 0 Å². The maximum absolute atomic E-state index is 11.9. The molecule has 3 aliphatic rings. The first-order valence-electron chi connectivity index (χ1n) is 7.99. The summed E-state index contributed by atoms with van der Waals surface area (Å²) >= 11 is 0. The molecule has 6 atom stereocenters. The molecular weight excluding hydrogens is 238 g/mol. The van der Waals surface area contributed by atoms with Gasteiger partial charge in [0.25, 0.3) is 0 Å². The third kappa shape index (κ3) is 2.15. The molecule has 0 bridgehead atoms. The lowest BCUT2D eigenvalue weighted by atomic mass is 9.63. The van der Waals surface area contributed by atoms with Crippen LogP contribution in [0.5, 0.6) is 0 Å². The van der Waals surface area contributed by atoms with Gasteiger partial charge >= 0.3 is 0 Å². The van der Waals surface area contributed by atoms with Crippen molar-refractivity contribution in [3.05, 3.63) is 0 Å². The number of aliphatic hydroxyl groups excluding tert-OH is 1. The molecule has 0 amide bonds. The van der Waals surface area contributed by atoms with E-state index in [-0.39, 0.29) is 23.7 Å². The fraction of sp³-hybridized carbons (Fsp3) is 0.938. The van der Waals surface area contributed by atoms with E-state index in [4.69, 9.17) is 5.11 Å². The molecule has 19 heavy (non-hydrogen) atoms. The number of aliphatic hydroxyl groups is 1. The number of ketones is 1. The number of Topliss-reactive ketones (excluding diaryl/α,β-unsaturated/α-hetero) is 1. The highest BCUT2D eigenvalue weighted by molar-refractivity contribution is 5.83. The molecule has 4 unspecified atom stereocenters. The molecule has 0 spiro atoms.